The van der Waals surface area contributed by atoms with Crippen molar-refractivity contribution in [2.45, 2.75) is 13.8 Å². The number of rotatable bonds is 3. The Morgan fingerprint density at radius 2 is 2.14 bits per heavy atom. The van der Waals surface area contributed by atoms with Gasteiger partial charge in [-0.25, -0.2) is 0 Å². The Labute approximate surface area is 164 Å². The van der Waals surface area contributed by atoms with E-state index in [0.717, 1.165) is 22.6 Å². The first kappa shape index (κ1) is 19.2. The summed E-state index contributed by atoms with van der Waals surface area (Å²) in [5.74, 6) is 6.41. The van der Waals surface area contributed by atoms with E-state index in [0.29, 0.717) is 11.1 Å². The molecule has 0 saturated carbocycles. The maximum atomic E-state index is 12.0. The summed E-state index contributed by atoms with van der Waals surface area (Å²) in [5.41, 5.74) is 2.64. The Morgan fingerprint density at radius 3 is 2.77 bits per heavy atom. The molecule has 111 valence electrons. The molecule has 1 aromatic carbocycles. The second kappa shape index (κ2) is 8.67. The number of ether oxygens (including phenoxy) is 1. The second-order valence-corrected chi connectivity index (χ2v) is 5.40. The van der Waals surface area contributed by atoms with Crippen molar-refractivity contribution < 1.29 is 37.4 Å². The molecule has 1 heterocycles. The number of aryl methyl sites for hydroxylation is 1. The fourth-order valence-corrected chi connectivity index (χ4v) is 2.37. The van der Waals surface area contributed by atoms with Crippen LogP contribution in [0.15, 0.2) is 33.5 Å². The quantitative estimate of drug-likeness (QED) is 0.549. The van der Waals surface area contributed by atoms with Gasteiger partial charge in [0.15, 0.2) is 0 Å². The third-order valence-corrected chi connectivity index (χ3v) is 3.69. The Hall–Kier alpha value is -0.886. The van der Waals surface area contributed by atoms with Crippen molar-refractivity contribution in [3.63, 3.8) is 0 Å². The molecule has 1 aromatic heterocycles. The molecule has 2 aromatic rings. The van der Waals surface area contributed by atoms with Crippen LogP contribution in [-0.2, 0) is 39.8 Å². The molecule has 3 nitrogen and oxygen atoms in total. The van der Waals surface area contributed by atoms with E-state index < -0.39 is 0 Å². The third-order valence-electron chi connectivity index (χ3n) is 3.12. The van der Waals surface area contributed by atoms with E-state index in [2.05, 4.69) is 33.8 Å². The predicted molar refractivity (Wildman–Crippen MR) is 87.3 cm³/mol. The standard InChI is InChI=1S/C17H15BrNO2.Y/c1-4-5-10-21-13-6-7-14(12(2)11-13)16-9-8-15(18)17(20)19(16)3;/h6-8,11H,10H2,1-3H3;/q-1;. The molecule has 0 bridgehead atoms. The number of hydrogen-bond acceptors (Lipinski definition) is 2. The van der Waals surface area contributed by atoms with E-state index in [-0.39, 0.29) is 38.3 Å². The number of hydrogen-bond donors (Lipinski definition) is 0. The van der Waals surface area contributed by atoms with Crippen LogP contribution in [0.3, 0.4) is 0 Å². The average molecular weight is 434 g/mol. The number of benzene rings is 1. The molecule has 0 spiro atoms. The zero-order valence-electron chi connectivity index (χ0n) is 12.7. The van der Waals surface area contributed by atoms with Gasteiger partial charge in [-0.2, -0.15) is 12.1 Å². The van der Waals surface area contributed by atoms with Crippen molar-refractivity contribution in [1.29, 1.82) is 0 Å². The summed E-state index contributed by atoms with van der Waals surface area (Å²) in [6.45, 7) is 4.13. The third kappa shape index (κ3) is 4.32. The van der Waals surface area contributed by atoms with E-state index in [1.807, 2.05) is 25.1 Å². The van der Waals surface area contributed by atoms with Gasteiger partial charge < -0.3 is 9.30 Å². The van der Waals surface area contributed by atoms with Crippen LogP contribution < -0.4 is 10.3 Å². The molecule has 0 fully saturated rings. The number of halogens is 1. The Kier molecular flexibility index (Phi) is 7.55. The zero-order valence-corrected chi connectivity index (χ0v) is 17.2. The summed E-state index contributed by atoms with van der Waals surface area (Å²) in [6, 6.07) is 10.5. The van der Waals surface area contributed by atoms with Crippen LogP contribution in [0.5, 0.6) is 5.75 Å². The normalized spacial score (nSPS) is 9.45. The van der Waals surface area contributed by atoms with Crippen molar-refractivity contribution >= 4 is 15.9 Å². The van der Waals surface area contributed by atoms with Crippen LogP contribution >= 0.6 is 15.9 Å². The van der Waals surface area contributed by atoms with Gasteiger partial charge in [0.05, 0.1) is 0 Å². The van der Waals surface area contributed by atoms with E-state index >= 15 is 0 Å². The first-order valence-corrected chi connectivity index (χ1v) is 7.24. The van der Waals surface area contributed by atoms with Crippen molar-refractivity contribution in [3.8, 4) is 28.8 Å². The molecule has 0 aliphatic rings. The van der Waals surface area contributed by atoms with Crippen molar-refractivity contribution in [3.05, 3.63) is 50.7 Å². The zero-order chi connectivity index (χ0) is 15.4. The van der Waals surface area contributed by atoms with Crippen LogP contribution in [0.25, 0.3) is 11.3 Å². The molecule has 0 aliphatic heterocycles. The largest absolute Gasteiger partial charge is 0.481 e. The number of aromatic nitrogens is 1. The Morgan fingerprint density at radius 1 is 1.41 bits per heavy atom. The van der Waals surface area contributed by atoms with Gasteiger partial charge in [-0.3, -0.25) is 4.79 Å². The minimum atomic E-state index is -0.0818. The van der Waals surface area contributed by atoms with Crippen LogP contribution in [0.2, 0.25) is 0 Å². The van der Waals surface area contributed by atoms with Gasteiger partial charge in [-0.1, -0.05) is 29.7 Å². The smallest absolute Gasteiger partial charge is 0.208 e. The Bertz CT molecular complexity index is 787. The Balaban J connectivity index is 0.00000242. The molecule has 0 saturated heterocycles. The van der Waals surface area contributed by atoms with Gasteiger partial charge in [0.25, 0.3) is 0 Å². The predicted octanol–water partition coefficient (Wildman–Crippen LogP) is 3.32. The molecular weight excluding hydrogens is 419 g/mol. The molecule has 0 atom stereocenters. The van der Waals surface area contributed by atoms with Crippen molar-refractivity contribution in [2.24, 2.45) is 7.05 Å². The first-order chi connectivity index (χ1) is 10.0. The summed E-state index contributed by atoms with van der Waals surface area (Å²) in [5, 5.41) is 0. The molecular formula is C17H15BrNO2Y-. The number of pyridine rings is 1. The molecule has 22 heavy (non-hydrogen) atoms. The van der Waals surface area contributed by atoms with Crippen molar-refractivity contribution in [1.82, 2.24) is 4.57 Å². The summed E-state index contributed by atoms with van der Waals surface area (Å²) in [4.78, 5) is 12.0. The second-order valence-electron chi connectivity index (χ2n) is 4.54. The molecule has 0 unspecified atom stereocenters. The molecule has 0 aliphatic carbocycles. The van der Waals surface area contributed by atoms with E-state index in [9.17, 15) is 4.79 Å². The molecule has 1 radical (unpaired) electrons. The monoisotopic (exact) mass is 433 g/mol. The summed E-state index contributed by atoms with van der Waals surface area (Å²) in [7, 11) is 1.74. The van der Waals surface area contributed by atoms with E-state index in [1.54, 1.807) is 24.6 Å². The van der Waals surface area contributed by atoms with Gasteiger partial charge in [0, 0.05) is 39.8 Å². The van der Waals surface area contributed by atoms with Crippen LogP contribution in [-0.4, -0.2) is 11.2 Å². The molecule has 5 heteroatoms. The van der Waals surface area contributed by atoms with Gasteiger partial charge in [0.2, 0.25) is 5.56 Å². The topological polar surface area (TPSA) is 31.2 Å². The SMILES string of the molecule is CC#CCOc1ccc(-c2[c-]cc(Br)c(=O)n2C)c(C)c1.[Y]. The van der Waals surface area contributed by atoms with Gasteiger partial charge in [-0.05, 0) is 23.5 Å². The van der Waals surface area contributed by atoms with Gasteiger partial charge >= 0.3 is 0 Å². The van der Waals surface area contributed by atoms with E-state index in [4.69, 9.17) is 4.74 Å². The van der Waals surface area contributed by atoms with Crippen LogP contribution in [0, 0.1) is 24.8 Å². The van der Waals surface area contributed by atoms with Gasteiger partial charge in [-0.15, -0.1) is 27.9 Å². The van der Waals surface area contributed by atoms with Crippen molar-refractivity contribution in [2.75, 3.05) is 6.61 Å². The van der Waals surface area contributed by atoms with E-state index in [1.165, 1.54) is 0 Å². The minimum Gasteiger partial charge on any atom is -0.481 e. The first-order valence-electron chi connectivity index (χ1n) is 6.45. The number of nitrogens with zero attached hydrogens (tertiary/aromatic N) is 1. The maximum Gasteiger partial charge on any atom is 0.208 e. The summed E-state index contributed by atoms with van der Waals surface area (Å²) < 4.78 is 7.61. The molecule has 2 rings (SSSR count). The summed E-state index contributed by atoms with van der Waals surface area (Å²) >= 11 is 3.22. The van der Waals surface area contributed by atoms with Gasteiger partial charge in [0.1, 0.15) is 12.4 Å². The fourth-order valence-electron chi connectivity index (χ4n) is 1.99. The summed E-state index contributed by atoms with van der Waals surface area (Å²) in [6.07, 6.45) is 0. The average Bonchev–Trinajstić information content (AvgIpc) is 2.46. The molecule has 0 N–H and O–H groups in total. The minimum absolute atomic E-state index is 0. The van der Waals surface area contributed by atoms with Crippen LogP contribution in [0.1, 0.15) is 12.5 Å². The van der Waals surface area contributed by atoms with Crippen LogP contribution in [0.4, 0.5) is 0 Å². The molecule has 0 amide bonds. The fraction of sp³-hybridized carbons (Fsp3) is 0.235. The maximum absolute atomic E-state index is 12.0.